The van der Waals surface area contributed by atoms with Crippen molar-refractivity contribution < 1.29 is 4.79 Å². The Labute approximate surface area is 199 Å². The second kappa shape index (κ2) is 9.63. The molecule has 0 aliphatic rings. The lowest BCUT2D eigenvalue weighted by atomic mass is 9.87. The van der Waals surface area contributed by atoms with Crippen molar-refractivity contribution in [3.05, 3.63) is 90.5 Å². The number of amides is 1. The SMILES string of the molecule is CN(C(=O)CSc1nnc(-c2ccc(C(C)(C)C)cc2)n1-c1ccccc1)c1ccccc1. The zero-order chi connectivity index (χ0) is 23.4. The van der Waals surface area contributed by atoms with Crippen molar-refractivity contribution >= 4 is 23.4 Å². The summed E-state index contributed by atoms with van der Waals surface area (Å²) in [6.07, 6.45) is 0. The minimum atomic E-state index is 0.00453. The van der Waals surface area contributed by atoms with Crippen LogP contribution in [-0.4, -0.2) is 33.5 Å². The van der Waals surface area contributed by atoms with Crippen LogP contribution in [0.15, 0.2) is 90.1 Å². The van der Waals surface area contributed by atoms with E-state index in [1.165, 1.54) is 17.3 Å². The third-order valence-electron chi connectivity index (χ3n) is 5.50. The van der Waals surface area contributed by atoms with Crippen molar-refractivity contribution in [1.82, 2.24) is 14.8 Å². The van der Waals surface area contributed by atoms with Gasteiger partial charge in [-0.1, -0.05) is 93.2 Å². The molecule has 5 nitrogen and oxygen atoms in total. The van der Waals surface area contributed by atoms with Gasteiger partial charge in [-0.2, -0.15) is 0 Å². The maximum absolute atomic E-state index is 12.8. The average molecular weight is 457 g/mol. The first-order chi connectivity index (χ1) is 15.8. The summed E-state index contributed by atoms with van der Waals surface area (Å²) in [5, 5.41) is 9.64. The summed E-state index contributed by atoms with van der Waals surface area (Å²) < 4.78 is 2.02. The molecule has 33 heavy (non-hydrogen) atoms. The van der Waals surface area contributed by atoms with Crippen molar-refractivity contribution in [3.63, 3.8) is 0 Å². The number of para-hydroxylation sites is 2. The minimum absolute atomic E-state index is 0.00453. The molecule has 0 bridgehead atoms. The fourth-order valence-corrected chi connectivity index (χ4v) is 4.36. The van der Waals surface area contributed by atoms with E-state index in [4.69, 9.17) is 0 Å². The molecule has 0 saturated heterocycles. The van der Waals surface area contributed by atoms with E-state index in [9.17, 15) is 4.79 Å². The van der Waals surface area contributed by atoms with Crippen LogP contribution in [0.2, 0.25) is 0 Å². The Morgan fingerprint density at radius 2 is 1.48 bits per heavy atom. The van der Waals surface area contributed by atoms with Gasteiger partial charge in [-0.05, 0) is 35.2 Å². The summed E-state index contributed by atoms with van der Waals surface area (Å²) in [6, 6.07) is 28.1. The molecule has 1 aromatic heterocycles. The first-order valence-electron chi connectivity index (χ1n) is 10.9. The third kappa shape index (κ3) is 5.17. The fraction of sp³-hybridized carbons (Fsp3) is 0.222. The van der Waals surface area contributed by atoms with Crippen LogP contribution >= 0.6 is 11.8 Å². The molecule has 4 rings (SSSR count). The van der Waals surface area contributed by atoms with Gasteiger partial charge in [-0.25, -0.2) is 0 Å². The third-order valence-corrected chi connectivity index (χ3v) is 6.41. The van der Waals surface area contributed by atoms with Gasteiger partial charge in [-0.3, -0.25) is 9.36 Å². The molecule has 6 heteroatoms. The lowest BCUT2D eigenvalue weighted by Gasteiger charge is -2.19. The molecular formula is C27H28N4OS. The van der Waals surface area contributed by atoms with Gasteiger partial charge in [0.1, 0.15) is 0 Å². The van der Waals surface area contributed by atoms with Gasteiger partial charge in [0.15, 0.2) is 11.0 Å². The normalized spacial score (nSPS) is 11.4. The molecule has 0 aliphatic heterocycles. The number of benzene rings is 3. The number of thioether (sulfide) groups is 1. The Hall–Kier alpha value is -3.38. The van der Waals surface area contributed by atoms with Crippen LogP contribution in [0, 0.1) is 0 Å². The fourth-order valence-electron chi connectivity index (χ4n) is 3.50. The van der Waals surface area contributed by atoms with E-state index in [1.54, 1.807) is 11.9 Å². The number of hydrogen-bond acceptors (Lipinski definition) is 4. The van der Waals surface area contributed by atoms with Crippen LogP contribution < -0.4 is 4.90 Å². The van der Waals surface area contributed by atoms with Crippen molar-refractivity contribution in [3.8, 4) is 17.1 Å². The van der Waals surface area contributed by atoms with Gasteiger partial charge >= 0.3 is 0 Å². The summed E-state index contributed by atoms with van der Waals surface area (Å²) in [6.45, 7) is 6.60. The maximum atomic E-state index is 12.8. The second-order valence-corrected chi connectivity index (χ2v) is 9.82. The Bertz CT molecular complexity index is 1210. The van der Waals surface area contributed by atoms with E-state index in [2.05, 4.69) is 55.2 Å². The summed E-state index contributed by atoms with van der Waals surface area (Å²) in [7, 11) is 1.79. The molecule has 0 aliphatic carbocycles. The molecule has 1 heterocycles. The van der Waals surface area contributed by atoms with E-state index < -0.39 is 0 Å². The van der Waals surface area contributed by atoms with E-state index in [-0.39, 0.29) is 17.1 Å². The molecule has 1 amide bonds. The summed E-state index contributed by atoms with van der Waals surface area (Å²) >= 11 is 1.39. The summed E-state index contributed by atoms with van der Waals surface area (Å²) in [4.78, 5) is 14.5. The Balaban J connectivity index is 1.63. The molecule has 0 fully saturated rings. The molecule has 0 spiro atoms. The highest BCUT2D eigenvalue weighted by molar-refractivity contribution is 7.99. The van der Waals surface area contributed by atoms with Crippen LogP contribution in [-0.2, 0) is 10.2 Å². The predicted molar refractivity (Wildman–Crippen MR) is 136 cm³/mol. The van der Waals surface area contributed by atoms with Crippen LogP contribution in [0.3, 0.4) is 0 Å². The first kappa shape index (κ1) is 22.8. The number of hydrogen-bond donors (Lipinski definition) is 0. The molecule has 0 atom stereocenters. The van der Waals surface area contributed by atoms with E-state index in [0.717, 1.165) is 22.8 Å². The van der Waals surface area contributed by atoms with Gasteiger partial charge in [0.05, 0.1) is 5.75 Å². The highest BCUT2D eigenvalue weighted by Gasteiger charge is 2.20. The standard InChI is InChI=1S/C27H28N4OS/c1-27(2,3)21-17-15-20(16-18-21)25-28-29-26(31(25)23-13-9-6-10-14-23)33-19-24(32)30(4)22-11-7-5-8-12-22/h5-18H,19H2,1-4H3. The highest BCUT2D eigenvalue weighted by atomic mass is 32.2. The zero-order valence-corrected chi connectivity index (χ0v) is 20.2. The molecule has 3 aromatic carbocycles. The van der Waals surface area contributed by atoms with Crippen molar-refractivity contribution in [2.45, 2.75) is 31.3 Å². The van der Waals surface area contributed by atoms with E-state index >= 15 is 0 Å². The van der Waals surface area contributed by atoms with Gasteiger partial charge in [0.25, 0.3) is 0 Å². The molecule has 168 valence electrons. The first-order valence-corrected chi connectivity index (χ1v) is 11.9. The van der Waals surface area contributed by atoms with Gasteiger partial charge in [0.2, 0.25) is 5.91 Å². The minimum Gasteiger partial charge on any atom is -0.315 e. The molecular weight excluding hydrogens is 428 g/mol. The number of nitrogens with zero attached hydrogens (tertiary/aromatic N) is 4. The largest absolute Gasteiger partial charge is 0.315 e. The molecule has 4 aromatic rings. The Kier molecular flexibility index (Phi) is 6.65. The Morgan fingerprint density at radius 3 is 2.09 bits per heavy atom. The zero-order valence-electron chi connectivity index (χ0n) is 19.4. The quantitative estimate of drug-likeness (QED) is 0.335. The number of carbonyl (C=O) groups excluding carboxylic acids is 1. The predicted octanol–water partition coefficient (Wildman–Crippen LogP) is 5.99. The lowest BCUT2D eigenvalue weighted by Crippen LogP contribution is -2.27. The van der Waals surface area contributed by atoms with Gasteiger partial charge in [-0.15, -0.1) is 10.2 Å². The number of anilines is 1. The molecule has 0 saturated carbocycles. The smallest absolute Gasteiger partial charge is 0.237 e. The van der Waals surface area contributed by atoms with Crippen molar-refractivity contribution in [1.29, 1.82) is 0 Å². The Morgan fingerprint density at radius 1 is 0.879 bits per heavy atom. The van der Waals surface area contributed by atoms with E-state index in [1.807, 2.05) is 65.2 Å². The van der Waals surface area contributed by atoms with Gasteiger partial charge in [0, 0.05) is 24.0 Å². The molecule has 0 unspecified atom stereocenters. The van der Waals surface area contributed by atoms with E-state index in [0.29, 0.717) is 5.16 Å². The topological polar surface area (TPSA) is 51.0 Å². The highest BCUT2D eigenvalue weighted by Crippen LogP contribution is 2.30. The van der Waals surface area contributed by atoms with Crippen LogP contribution in [0.5, 0.6) is 0 Å². The van der Waals surface area contributed by atoms with Crippen LogP contribution in [0.25, 0.3) is 17.1 Å². The lowest BCUT2D eigenvalue weighted by molar-refractivity contribution is -0.115. The summed E-state index contributed by atoms with van der Waals surface area (Å²) in [5.41, 5.74) is 4.16. The second-order valence-electron chi connectivity index (χ2n) is 8.88. The molecule has 0 radical (unpaired) electrons. The number of rotatable bonds is 6. The summed E-state index contributed by atoms with van der Waals surface area (Å²) in [5.74, 6) is 1.03. The average Bonchev–Trinajstić information content (AvgIpc) is 3.26. The van der Waals surface area contributed by atoms with Crippen LogP contribution in [0.1, 0.15) is 26.3 Å². The molecule has 0 N–H and O–H groups in total. The van der Waals surface area contributed by atoms with Crippen molar-refractivity contribution in [2.75, 3.05) is 17.7 Å². The number of aromatic nitrogens is 3. The van der Waals surface area contributed by atoms with Crippen LogP contribution in [0.4, 0.5) is 5.69 Å². The van der Waals surface area contributed by atoms with Crippen molar-refractivity contribution in [2.24, 2.45) is 0 Å². The monoisotopic (exact) mass is 456 g/mol. The maximum Gasteiger partial charge on any atom is 0.237 e. The van der Waals surface area contributed by atoms with Gasteiger partial charge < -0.3 is 4.90 Å². The number of carbonyl (C=O) groups is 1.